The summed E-state index contributed by atoms with van der Waals surface area (Å²) in [5.74, 6) is 2.06. The summed E-state index contributed by atoms with van der Waals surface area (Å²) >= 11 is 0. The van der Waals surface area contributed by atoms with Crippen molar-refractivity contribution in [3.8, 4) is 0 Å². The van der Waals surface area contributed by atoms with E-state index in [1.165, 1.54) is 25.1 Å². The molecule has 1 aliphatic rings. The van der Waals surface area contributed by atoms with Crippen LogP contribution in [0.3, 0.4) is 0 Å². The van der Waals surface area contributed by atoms with E-state index in [1.54, 1.807) is 0 Å². The van der Waals surface area contributed by atoms with Crippen molar-refractivity contribution in [3.05, 3.63) is 18.2 Å². The van der Waals surface area contributed by atoms with Gasteiger partial charge in [0.25, 0.3) is 0 Å². The lowest BCUT2D eigenvalue weighted by atomic mass is 10.0. The van der Waals surface area contributed by atoms with Crippen LogP contribution < -0.4 is 5.32 Å². The molecule has 2 unspecified atom stereocenters. The van der Waals surface area contributed by atoms with Gasteiger partial charge in [0.2, 0.25) is 0 Å². The molecule has 78 valence electrons. The summed E-state index contributed by atoms with van der Waals surface area (Å²) < 4.78 is 2.13. The van der Waals surface area contributed by atoms with Crippen molar-refractivity contribution in [2.24, 2.45) is 13.0 Å². The van der Waals surface area contributed by atoms with Gasteiger partial charge in [-0.05, 0) is 32.2 Å². The van der Waals surface area contributed by atoms with Crippen LogP contribution in [0, 0.1) is 5.92 Å². The first-order valence-corrected chi connectivity index (χ1v) is 5.43. The van der Waals surface area contributed by atoms with Gasteiger partial charge in [-0.2, -0.15) is 0 Å². The maximum atomic E-state index is 4.37. The first-order valence-electron chi connectivity index (χ1n) is 5.43. The summed E-state index contributed by atoms with van der Waals surface area (Å²) in [5.41, 5.74) is 0. The molecule has 3 heteroatoms. The SMILES string of the molecule is CNC1CCC(Cc2nccn2C)C1. The van der Waals surface area contributed by atoms with E-state index in [0.29, 0.717) is 0 Å². The van der Waals surface area contributed by atoms with E-state index in [2.05, 4.69) is 29.0 Å². The Labute approximate surface area is 85.5 Å². The number of aryl methyl sites for hydroxylation is 1. The lowest BCUT2D eigenvalue weighted by molar-refractivity contribution is 0.493. The van der Waals surface area contributed by atoms with Gasteiger partial charge in [-0.25, -0.2) is 4.98 Å². The Morgan fingerprint density at radius 2 is 2.43 bits per heavy atom. The molecule has 14 heavy (non-hydrogen) atoms. The van der Waals surface area contributed by atoms with Crippen molar-refractivity contribution in [2.45, 2.75) is 31.7 Å². The quantitative estimate of drug-likeness (QED) is 0.785. The molecular formula is C11H19N3. The maximum Gasteiger partial charge on any atom is 0.108 e. The monoisotopic (exact) mass is 193 g/mol. The highest BCUT2D eigenvalue weighted by Crippen LogP contribution is 2.27. The fourth-order valence-corrected chi connectivity index (χ4v) is 2.37. The molecule has 2 atom stereocenters. The molecule has 1 saturated carbocycles. The minimum Gasteiger partial charge on any atom is -0.338 e. The molecule has 1 fully saturated rings. The fraction of sp³-hybridized carbons (Fsp3) is 0.727. The van der Waals surface area contributed by atoms with Gasteiger partial charge in [-0.15, -0.1) is 0 Å². The molecule has 0 aromatic carbocycles. The summed E-state index contributed by atoms with van der Waals surface area (Å²) in [6.45, 7) is 0. The third-order valence-electron chi connectivity index (χ3n) is 3.34. The molecule has 0 radical (unpaired) electrons. The van der Waals surface area contributed by atoms with Gasteiger partial charge in [0.05, 0.1) is 0 Å². The second-order valence-electron chi connectivity index (χ2n) is 4.32. The predicted molar refractivity (Wildman–Crippen MR) is 57.1 cm³/mol. The van der Waals surface area contributed by atoms with Crippen molar-refractivity contribution in [1.82, 2.24) is 14.9 Å². The molecule has 2 rings (SSSR count). The van der Waals surface area contributed by atoms with Crippen LogP contribution in [0.5, 0.6) is 0 Å². The number of hydrogen-bond donors (Lipinski definition) is 1. The van der Waals surface area contributed by atoms with Crippen LogP contribution in [-0.4, -0.2) is 22.6 Å². The van der Waals surface area contributed by atoms with Crippen molar-refractivity contribution in [2.75, 3.05) is 7.05 Å². The van der Waals surface area contributed by atoms with Crippen LogP contribution >= 0.6 is 0 Å². The molecule has 0 bridgehead atoms. The standard InChI is InChI=1S/C11H19N3/c1-12-10-4-3-9(7-10)8-11-13-5-6-14(11)2/h5-6,9-10,12H,3-4,7-8H2,1-2H3. The number of imidazole rings is 1. The Morgan fingerprint density at radius 3 is 3.00 bits per heavy atom. The third-order valence-corrected chi connectivity index (χ3v) is 3.34. The maximum absolute atomic E-state index is 4.37. The smallest absolute Gasteiger partial charge is 0.108 e. The van der Waals surface area contributed by atoms with Gasteiger partial charge in [0, 0.05) is 31.9 Å². The molecule has 1 aliphatic carbocycles. The van der Waals surface area contributed by atoms with Gasteiger partial charge in [0.1, 0.15) is 5.82 Å². The van der Waals surface area contributed by atoms with E-state index in [-0.39, 0.29) is 0 Å². The molecule has 0 saturated heterocycles. The highest BCUT2D eigenvalue weighted by Gasteiger charge is 2.24. The van der Waals surface area contributed by atoms with Crippen LogP contribution in [0.4, 0.5) is 0 Å². The highest BCUT2D eigenvalue weighted by atomic mass is 15.0. The Balaban J connectivity index is 1.90. The first kappa shape index (κ1) is 9.71. The summed E-state index contributed by atoms with van der Waals surface area (Å²) in [4.78, 5) is 4.37. The largest absolute Gasteiger partial charge is 0.338 e. The summed E-state index contributed by atoms with van der Waals surface area (Å²) in [5, 5.41) is 3.36. The van der Waals surface area contributed by atoms with Gasteiger partial charge >= 0.3 is 0 Å². The molecular weight excluding hydrogens is 174 g/mol. The molecule has 3 nitrogen and oxygen atoms in total. The van der Waals surface area contributed by atoms with Gasteiger partial charge in [0.15, 0.2) is 0 Å². The summed E-state index contributed by atoms with van der Waals surface area (Å²) in [6.07, 6.45) is 9.04. The van der Waals surface area contributed by atoms with Crippen molar-refractivity contribution >= 4 is 0 Å². The van der Waals surface area contributed by atoms with E-state index >= 15 is 0 Å². The fourth-order valence-electron chi connectivity index (χ4n) is 2.37. The average Bonchev–Trinajstić information content (AvgIpc) is 2.77. The average molecular weight is 193 g/mol. The van der Waals surface area contributed by atoms with E-state index < -0.39 is 0 Å². The molecule has 1 N–H and O–H groups in total. The first-order chi connectivity index (χ1) is 6.79. The van der Waals surface area contributed by atoms with Crippen LogP contribution in [-0.2, 0) is 13.5 Å². The van der Waals surface area contributed by atoms with E-state index in [1.807, 2.05) is 12.4 Å². The lowest BCUT2D eigenvalue weighted by Gasteiger charge is -2.10. The lowest BCUT2D eigenvalue weighted by Crippen LogP contribution is -2.21. The van der Waals surface area contributed by atoms with Gasteiger partial charge in [-0.1, -0.05) is 0 Å². The number of rotatable bonds is 3. The third kappa shape index (κ3) is 1.98. The van der Waals surface area contributed by atoms with Gasteiger partial charge < -0.3 is 9.88 Å². The highest BCUT2D eigenvalue weighted by molar-refractivity contribution is 4.95. The molecule has 1 heterocycles. The van der Waals surface area contributed by atoms with Crippen LogP contribution in [0.2, 0.25) is 0 Å². The summed E-state index contributed by atoms with van der Waals surface area (Å²) in [6, 6.07) is 0.736. The Hall–Kier alpha value is -0.830. The number of nitrogens with zero attached hydrogens (tertiary/aromatic N) is 2. The summed E-state index contributed by atoms with van der Waals surface area (Å²) in [7, 11) is 4.14. The van der Waals surface area contributed by atoms with E-state index in [9.17, 15) is 0 Å². The zero-order valence-electron chi connectivity index (χ0n) is 9.03. The molecule has 0 aliphatic heterocycles. The number of aromatic nitrogens is 2. The zero-order chi connectivity index (χ0) is 9.97. The molecule has 1 aromatic heterocycles. The number of nitrogens with one attached hydrogen (secondary N) is 1. The topological polar surface area (TPSA) is 29.9 Å². The van der Waals surface area contributed by atoms with Crippen LogP contribution in [0.15, 0.2) is 12.4 Å². The zero-order valence-corrected chi connectivity index (χ0v) is 9.03. The number of hydrogen-bond acceptors (Lipinski definition) is 2. The Morgan fingerprint density at radius 1 is 1.57 bits per heavy atom. The van der Waals surface area contributed by atoms with Crippen molar-refractivity contribution < 1.29 is 0 Å². The van der Waals surface area contributed by atoms with Crippen molar-refractivity contribution in [1.29, 1.82) is 0 Å². The predicted octanol–water partition coefficient (Wildman–Crippen LogP) is 1.35. The van der Waals surface area contributed by atoms with Crippen molar-refractivity contribution in [3.63, 3.8) is 0 Å². The van der Waals surface area contributed by atoms with E-state index in [0.717, 1.165) is 18.4 Å². The van der Waals surface area contributed by atoms with Crippen LogP contribution in [0.25, 0.3) is 0 Å². The second kappa shape index (κ2) is 4.13. The molecule has 1 aromatic rings. The second-order valence-corrected chi connectivity index (χ2v) is 4.32. The van der Waals surface area contributed by atoms with E-state index in [4.69, 9.17) is 0 Å². The Kier molecular flexibility index (Phi) is 2.87. The molecule has 0 spiro atoms. The van der Waals surface area contributed by atoms with Crippen LogP contribution in [0.1, 0.15) is 25.1 Å². The Bertz CT molecular complexity index is 292. The minimum absolute atomic E-state index is 0.736. The normalized spacial score (nSPS) is 27.0. The van der Waals surface area contributed by atoms with Gasteiger partial charge in [-0.3, -0.25) is 0 Å². The molecule has 0 amide bonds. The minimum atomic E-state index is 0.736.